The van der Waals surface area contributed by atoms with E-state index in [4.69, 9.17) is 9.47 Å². The number of aromatic nitrogens is 1. The van der Waals surface area contributed by atoms with Gasteiger partial charge in [0.05, 0.1) is 6.61 Å². The van der Waals surface area contributed by atoms with Crippen LogP contribution in [0.3, 0.4) is 0 Å². The monoisotopic (exact) mass is 429 g/mol. The zero-order valence-corrected chi connectivity index (χ0v) is 17.6. The minimum absolute atomic E-state index is 0.242. The van der Waals surface area contributed by atoms with Crippen molar-refractivity contribution in [2.75, 3.05) is 13.2 Å². The number of amides is 2. The number of carbonyl (C=O) groups excluding carboxylic acids is 2. The highest BCUT2D eigenvalue weighted by Gasteiger charge is 2.12. The molecule has 0 atom stereocenters. The summed E-state index contributed by atoms with van der Waals surface area (Å²) in [5.74, 6) is 0.365. The highest BCUT2D eigenvalue weighted by molar-refractivity contribution is 5.99. The van der Waals surface area contributed by atoms with Crippen LogP contribution in [-0.4, -0.2) is 30.0 Å². The van der Waals surface area contributed by atoms with Crippen molar-refractivity contribution in [1.29, 1.82) is 0 Å². The van der Waals surface area contributed by atoms with E-state index in [0.717, 1.165) is 27.8 Å². The van der Waals surface area contributed by atoms with Gasteiger partial charge in [0.25, 0.3) is 11.8 Å². The summed E-state index contributed by atoms with van der Waals surface area (Å²) in [6.07, 6.45) is 0. The number of carbonyl (C=O) groups is 2. The van der Waals surface area contributed by atoms with Crippen LogP contribution in [0.4, 0.5) is 0 Å². The molecule has 7 nitrogen and oxygen atoms in total. The average Bonchev–Trinajstić information content (AvgIpc) is 3.26. The molecule has 0 saturated carbocycles. The molecular formula is C25H23N3O4. The molecule has 0 bridgehead atoms. The maximum absolute atomic E-state index is 12.4. The molecule has 0 saturated heterocycles. The predicted molar refractivity (Wildman–Crippen MR) is 122 cm³/mol. The van der Waals surface area contributed by atoms with E-state index >= 15 is 0 Å². The Morgan fingerprint density at radius 1 is 0.875 bits per heavy atom. The smallest absolute Gasteiger partial charge is 0.286 e. The Hall–Kier alpha value is -4.26. The van der Waals surface area contributed by atoms with Crippen molar-refractivity contribution in [3.63, 3.8) is 0 Å². The van der Waals surface area contributed by atoms with Gasteiger partial charge in [0, 0.05) is 22.5 Å². The van der Waals surface area contributed by atoms with E-state index in [1.807, 2.05) is 73.7 Å². The molecule has 7 heteroatoms. The van der Waals surface area contributed by atoms with Crippen molar-refractivity contribution in [2.45, 2.75) is 6.92 Å². The van der Waals surface area contributed by atoms with Gasteiger partial charge in [-0.3, -0.25) is 20.4 Å². The van der Waals surface area contributed by atoms with Crippen molar-refractivity contribution in [3.8, 4) is 22.6 Å². The number of aromatic amines is 1. The van der Waals surface area contributed by atoms with Crippen molar-refractivity contribution in [1.82, 2.24) is 15.8 Å². The molecule has 4 rings (SSSR count). The van der Waals surface area contributed by atoms with E-state index < -0.39 is 11.8 Å². The SMILES string of the molecule is CCOc1ccc2cc(C(=O)NNC(=O)COc3ccccc3-c3ccccc3)[nH]c2c1. The number of fused-ring (bicyclic) bond motifs is 1. The lowest BCUT2D eigenvalue weighted by molar-refractivity contribution is -0.123. The Morgan fingerprint density at radius 2 is 1.66 bits per heavy atom. The number of hydrogen-bond acceptors (Lipinski definition) is 4. The molecule has 3 aromatic carbocycles. The number of para-hydroxylation sites is 1. The molecule has 0 unspecified atom stereocenters. The topological polar surface area (TPSA) is 92.5 Å². The lowest BCUT2D eigenvalue weighted by atomic mass is 10.1. The van der Waals surface area contributed by atoms with Gasteiger partial charge in [-0.25, -0.2) is 0 Å². The number of hydrazine groups is 1. The molecule has 0 aliphatic carbocycles. The zero-order valence-electron chi connectivity index (χ0n) is 17.6. The minimum Gasteiger partial charge on any atom is -0.494 e. The van der Waals surface area contributed by atoms with Gasteiger partial charge < -0.3 is 14.5 Å². The molecule has 162 valence electrons. The minimum atomic E-state index is -0.476. The second-order valence-corrected chi connectivity index (χ2v) is 7.02. The summed E-state index contributed by atoms with van der Waals surface area (Å²) in [6.45, 7) is 2.22. The normalized spacial score (nSPS) is 10.5. The summed E-state index contributed by atoms with van der Waals surface area (Å²) >= 11 is 0. The number of H-pyrrole nitrogens is 1. The van der Waals surface area contributed by atoms with Gasteiger partial charge in [-0.2, -0.15) is 0 Å². The third kappa shape index (κ3) is 4.89. The standard InChI is InChI=1S/C25H23N3O4/c1-2-31-19-13-12-18-14-22(26-21(18)15-19)25(30)28-27-24(29)16-32-23-11-7-6-10-20(23)17-8-4-3-5-9-17/h3-15,26H,2,16H2,1H3,(H,27,29)(H,28,30). The van der Waals surface area contributed by atoms with Gasteiger partial charge in [-0.05, 0) is 36.8 Å². The first-order valence-corrected chi connectivity index (χ1v) is 10.3. The molecule has 3 N–H and O–H groups in total. The fourth-order valence-electron chi connectivity index (χ4n) is 3.31. The third-order valence-electron chi connectivity index (χ3n) is 4.80. The second-order valence-electron chi connectivity index (χ2n) is 7.02. The summed E-state index contributed by atoms with van der Waals surface area (Å²) in [5, 5.41) is 0.866. The Kier molecular flexibility index (Phi) is 6.36. The molecule has 1 heterocycles. The maximum atomic E-state index is 12.4. The Labute approximate surface area is 185 Å². The van der Waals surface area contributed by atoms with Gasteiger partial charge in [-0.15, -0.1) is 0 Å². The highest BCUT2D eigenvalue weighted by Crippen LogP contribution is 2.29. The summed E-state index contributed by atoms with van der Waals surface area (Å²) in [7, 11) is 0. The van der Waals surface area contributed by atoms with Gasteiger partial charge in [0.2, 0.25) is 0 Å². The van der Waals surface area contributed by atoms with Crippen LogP contribution in [0.15, 0.2) is 78.9 Å². The van der Waals surface area contributed by atoms with E-state index in [1.165, 1.54) is 0 Å². The van der Waals surface area contributed by atoms with Gasteiger partial charge >= 0.3 is 0 Å². The van der Waals surface area contributed by atoms with Crippen molar-refractivity contribution in [2.24, 2.45) is 0 Å². The average molecular weight is 429 g/mol. The molecule has 0 spiro atoms. The van der Waals surface area contributed by atoms with Crippen LogP contribution in [0.25, 0.3) is 22.0 Å². The van der Waals surface area contributed by atoms with Crippen LogP contribution in [0, 0.1) is 0 Å². The zero-order chi connectivity index (χ0) is 22.3. The number of benzene rings is 3. The van der Waals surface area contributed by atoms with Crippen LogP contribution in [0.5, 0.6) is 11.5 Å². The summed E-state index contributed by atoms with van der Waals surface area (Å²) < 4.78 is 11.2. The molecule has 2 amide bonds. The number of nitrogens with one attached hydrogen (secondary N) is 3. The van der Waals surface area contributed by atoms with Crippen LogP contribution < -0.4 is 20.3 Å². The third-order valence-corrected chi connectivity index (χ3v) is 4.80. The molecule has 0 fully saturated rings. The first-order chi connectivity index (χ1) is 15.6. The Morgan fingerprint density at radius 3 is 2.47 bits per heavy atom. The molecular weight excluding hydrogens is 406 g/mol. The van der Waals surface area contributed by atoms with Gasteiger partial charge in [0.1, 0.15) is 17.2 Å². The van der Waals surface area contributed by atoms with E-state index in [1.54, 1.807) is 12.1 Å². The van der Waals surface area contributed by atoms with E-state index in [9.17, 15) is 9.59 Å². The van der Waals surface area contributed by atoms with E-state index in [2.05, 4.69) is 15.8 Å². The van der Waals surface area contributed by atoms with E-state index in [-0.39, 0.29) is 6.61 Å². The fourth-order valence-corrected chi connectivity index (χ4v) is 3.31. The van der Waals surface area contributed by atoms with Crippen molar-refractivity contribution in [3.05, 3.63) is 84.6 Å². The molecule has 32 heavy (non-hydrogen) atoms. The summed E-state index contributed by atoms with van der Waals surface area (Å²) in [4.78, 5) is 27.7. The molecule has 0 aliphatic heterocycles. The second kappa shape index (κ2) is 9.70. The van der Waals surface area contributed by atoms with Gasteiger partial charge in [0.15, 0.2) is 6.61 Å². The van der Waals surface area contributed by atoms with Crippen LogP contribution >= 0.6 is 0 Å². The number of ether oxygens (including phenoxy) is 2. The fraction of sp³-hybridized carbons (Fsp3) is 0.120. The van der Waals surface area contributed by atoms with Crippen LogP contribution in [0.1, 0.15) is 17.4 Å². The highest BCUT2D eigenvalue weighted by atomic mass is 16.5. The Balaban J connectivity index is 1.34. The van der Waals surface area contributed by atoms with Gasteiger partial charge in [-0.1, -0.05) is 48.5 Å². The predicted octanol–water partition coefficient (Wildman–Crippen LogP) is 4.07. The van der Waals surface area contributed by atoms with Crippen LogP contribution in [-0.2, 0) is 4.79 Å². The van der Waals surface area contributed by atoms with Crippen molar-refractivity contribution < 1.29 is 19.1 Å². The summed E-state index contributed by atoms with van der Waals surface area (Å²) in [6, 6.07) is 24.5. The number of rotatable bonds is 7. The maximum Gasteiger partial charge on any atom is 0.286 e. The lowest BCUT2D eigenvalue weighted by Crippen LogP contribution is -2.44. The van der Waals surface area contributed by atoms with E-state index in [0.29, 0.717) is 18.1 Å². The Bertz CT molecular complexity index is 1230. The quantitative estimate of drug-likeness (QED) is 0.386. The largest absolute Gasteiger partial charge is 0.494 e. The van der Waals surface area contributed by atoms with Crippen LogP contribution in [0.2, 0.25) is 0 Å². The van der Waals surface area contributed by atoms with Crippen molar-refractivity contribution >= 4 is 22.7 Å². The lowest BCUT2D eigenvalue weighted by Gasteiger charge is -2.12. The molecule has 0 radical (unpaired) electrons. The number of hydrogen-bond donors (Lipinski definition) is 3. The first-order valence-electron chi connectivity index (χ1n) is 10.3. The molecule has 1 aromatic heterocycles. The molecule has 0 aliphatic rings. The first kappa shape index (κ1) is 21.0. The summed E-state index contributed by atoms with van der Waals surface area (Å²) in [5.41, 5.74) is 7.75. The molecule has 4 aromatic rings.